The number of pyridine rings is 1. The molecule has 1 aliphatic heterocycles. The highest BCUT2D eigenvalue weighted by Gasteiger charge is 2.44. The topological polar surface area (TPSA) is 123 Å². The first kappa shape index (κ1) is 28.8. The number of carbonyl (C=O) groups is 2. The monoisotopic (exact) mass is 573 g/mol. The molecular weight excluding hydrogens is 538 g/mol. The van der Waals surface area contributed by atoms with Crippen LogP contribution < -0.4 is 19.5 Å². The van der Waals surface area contributed by atoms with Crippen LogP contribution in [0.5, 0.6) is 17.2 Å². The van der Waals surface area contributed by atoms with Crippen molar-refractivity contribution in [1.29, 1.82) is 0 Å². The summed E-state index contributed by atoms with van der Waals surface area (Å²) in [6.07, 6.45) is 1.28. The molecule has 2 N–H and O–H groups in total. The van der Waals surface area contributed by atoms with Gasteiger partial charge in [0.25, 0.3) is 5.91 Å². The van der Waals surface area contributed by atoms with Crippen LogP contribution in [-0.4, -0.2) is 66.9 Å². The van der Waals surface area contributed by atoms with E-state index in [4.69, 9.17) is 18.6 Å². The summed E-state index contributed by atoms with van der Waals surface area (Å²) < 4.78 is 22.8. The van der Waals surface area contributed by atoms with E-state index in [0.29, 0.717) is 52.6 Å². The Bertz CT molecular complexity index is 1610. The third-order valence-corrected chi connectivity index (χ3v) is 7.64. The number of methoxy groups -OCH3 is 3. The summed E-state index contributed by atoms with van der Waals surface area (Å²) in [6.45, 7) is 6.35. The fraction of sp³-hybridized carbons (Fsp3) is 0.344. The molecule has 1 fully saturated rings. The van der Waals surface area contributed by atoms with Crippen LogP contribution in [0.1, 0.15) is 37.6 Å². The van der Waals surface area contributed by atoms with Crippen LogP contribution in [0.15, 0.2) is 59.1 Å². The lowest BCUT2D eigenvalue weighted by Gasteiger charge is -2.37. The van der Waals surface area contributed by atoms with E-state index in [9.17, 15) is 14.7 Å². The van der Waals surface area contributed by atoms with Gasteiger partial charge in [-0.25, -0.2) is 4.79 Å². The molecule has 4 aromatic rings. The van der Waals surface area contributed by atoms with Crippen LogP contribution >= 0.6 is 0 Å². The van der Waals surface area contributed by atoms with E-state index >= 15 is 0 Å². The molecule has 2 aromatic heterocycles. The van der Waals surface area contributed by atoms with Crippen molar-refractivity contribution < 1.29 is 33.3 Å². The van der Waals surface area contributed by atoms with Gasteiger partial charge in [-0.05, 0) is 47.7 Å². The zero-order chi connectivity index (χ0) is 30.2. The molecule has 1 aliphatic rings. The first-order valence-corrected chi connectivity index (χ1v) is 13.7. The number of likely N-dealkylation sites (tertiary alicyclic amines) is 1. The average molecular weight is 574 g/mol. The predicted octanol–water partition coefficient (Wildman–Crippen LogP) is 6.08. The van der Waals surface area contributed by atoms with E-state index in [-0.39, 0.29) is 23.4 Å². The number of amides is 2. The maximum atomic E-state index is 13.4. The lowest BCUT2D eigenvalue weighted by molar-refractivity contribution is 0.0827. The molecule has 2 unspecified atom stereocenters. The molecule has 5 rings (SSSR count). The van der Waals surface area contributed by atoms with Crippen LogP contribution in [0, 0.1) is 5.41 Å². The van der Waals surface area contributed by atoms with Gasteiger partial charge in [-0.15, -0.1) is 0 Å². The van der Waals surface area contributed by atoms with Gasteiger partial charge in [-0.1, -0.05) is 32.9 Å². The van der Waals surface area contributed by atoms with Crippen molar-refractivity contribution in [3.05, 3.63) is 60.3 Å². The molecule has 10 heteroatoms. The van der Waals surface area contributed by atoms with Crippen LogP contribution in [0.25, 0.3) is 33.6 Å². The van der Waals surface area contributed by atoms with Crippen LogP contribution in [-0.2, 0) is 0 Å². The molecule has 1 saturated heterocycles. The molecule has 2 atom stereocenters. The number of hydrogen-bond donors (Lipinski definition) is 2. The molecule has 2 amide bonds. The minimum absolute atomic E-state index is 0.258. The smallest absolute Gasteiger partial charge is 0.407 e. The zero-order valence-corrected chi connectivity index (χ0v) is 24.6. The van der Waals surface area contributed by atoms with Crippen molar-refractivity contribution in [2.45, 2.75) is 39.3 Å². The standard InChI is InChI=1S/C32H35N3O7/c1-32(2,3)29-22(11-13-35(29)31(37)38)34-30(36)19-9-7-8-18(14-19)21-10-12-33-23-17-24(42-27(21)23)20-15-25(39-4)28(41-6)26(16-20)40-5/h7-10,12,14-17,22,29H,11,13H2,1-6H3,(H,34,36)(H,37,38). The second kappa shape index (κ2) is 11.3. The third-order valence-electron chi connectivity index (χ3n) is 7.64. The fourth-order valence-corrected chi connectivity index (χ4v) is 5.84. The van der Waals surface area contributed by atoms with Gasteiger partial charge in [0, 0.05) is 35.5 Å². The summed E-state index contributed by atoms with van der Waals surface area (Å²) in [6, 6.07) is 14.0. The Kier molecular flexibility index (Phi) is 7.73. The molecule has 2 aromatic carbocycles. The van der Waals surface area contributed by atoms with Gasteiger partial charge in [0.15, 0.2) is 17.1 Å². The maximum Gasteiger partial charge on any atom is 0.407 e. The van der Waals surface area contributed by atoms with Crippen LogP contribution in [0.3, 0.4) is 0 Å². The molecule has 10 nitrogen and oxygen atoms in total. The van der Waals surface area contributed by atoms with Crippen molar-refractivity contribution in [2.24, 2.45) is 5.41 Å². The molecule has 0 saturated carbocycles. The second-order valence-electron chi connectivity index (χ2n) is 11.3. The van der Waals surface area contributed by atoms with E-state index < -0.39 is 6.09 Å². The molecular formula is C32H35N3O7. The number of nitrogens with one attached hydrogen (secondary N) is 1. The molecule has 0 radical (unpaired) electrons. The number of hydrogen-bond acceptors (Lipinski definition) is 7. The van der Waals surface area contributed by atoms with Gasteiger partial charge in [0.1, 0.15) is 11.3 Å². The van der Waals surface area contributed by atoms with E-state index in [2.05, 4.69) is 10.3 Å². The summed E-state index contributed by atoms with van der Waals surface area (Å²) in [7, 11) is 4.66. The first-order valence-electron chi connectivity index (χ1n) is 13.7. The zero-order valence-electron chi connectivity index (χ0n) is 24.6. The number of benzene rings is 2. The Labute approximate surface area is 244 Å². The summed E-state index contributed by atoms with van der Waals surface area (Å²) >= 11 is 0. The Hall–Kier alpha value is -4.73. The lowest BCUT2D eigenvalue weighted by atomic mass is 9.82. The average Bonchev–Trinajstić information content (AvgIpc) is 3.61. The van der Waals surface area contributed by atoms with E-state index in [0.717, 1.165) is 16.7 Å². The second-order valence-corrected chi connectivity index (χ2v) is 11.3. The minimum atomic E-state index is -0.972. The Morgan fingerprint density at radius 3 is 2.33 bits per heavy atom. The van der Waals surface area contributed by atoms with Gasteiger partial charge >= 0.3 is 6.09 Å². The van der Waals surface area contributed by atoms with E-state index in [1.165, 1.54) is 4.90 Å². The molecule has 0 spiro atoms. The normalized spacial score (nSPS) is 16.9. The van der Waals surface area contributed by atoms with E-state index in [1.54, 1.807) is 33.6 Å². The van der Waals surface area contributed by atoms with Gasteiger partial charge in [0.2, 0.25) is 5.75 Å². The van der Waals surface area contributed by atoms with Crippen molar-refractivity contribution >= 4 is 23.1 Å². The molecule has 0 aliphatic carbocycles. The number of rotatable bonds is 7. The summed E-state index contributed by atoms with van der Waals surface area (Å²) in [5, 5.41) is 12.8. The quantitative estimate of drug-likeness (QED) is 0.273. The Morgan fingerprint density at radius 2 is 1.71 bits per heavy atom. The highest BCUT2D eigenvalue weighted by atomic mass is 16.5. The third kappa shape index (κ3) is 5.32. The number of ether oxygens (including phenoxy) is 3. The first-order chi connectivity index (χ1) is 20.0. The largest absolute Gasteiger partial charge is 0.493 e. The predicted molar refractivity (Wildman–Crippen MR) is 158 cm³/mol. The van der Waals surface area contributed by atoms with E-state index in [1.807, 2.05) is 63.2 Å². The Morgan fingerprint density at radius 1 is 1.00 bits per heavy atom. The lowest BCUT2D eigenvalue weighted by Crippen LogP contribution is -2.52. The number of fused-ring (bicyclic) bond motifs is 1. The van der Waals surface area contributed by atoms with Gasteiger partial charge < -0.3 is 34.0 Å². The fourth-order valence-electron chi connectivity index (χ4n) is 5.84. The number of furan rings is 1. The van der Waals surface area contributed by atoms with Crippen molar-refractivity contribution in [2.75, 3.05) is 27.9 Å². The highest BCUT2D eigenvalue weighted by molar-refractivity contribution is 5.98. The van der Waals surface area contributed by atoms with Crippen molar-refractivity contribution in [3.63, 3.8) is 0 Å². The molecule has 42 heavy (non-hydrogen) atoms. The Balaban J connectivity index is 1.46. The van der Waals surface area contributed by atoms with Crippen molar-refractivity contribution in [1.82, 2.24) is 15.2 Å². The van der Waals surface area contributed by atoms with Crippen LogP contribution in [0.4, 0.5) is 4.79 Å². The molecule has 3 heterocycles. The van der Waals surface area contributed by atoms with Crippen molar-refractivity contribution in [3.8, 4) is 39.7 Å². The van der Waals surface area contributed by atoms with Gasteiger partial charge in [0.05, 0.1) is 33.4 Å². The summed E-state index contributed by atoms with van der Waals surface area (Å²) in [5.41, 5.74) is 3.63. The number of aromatic nitrogens is 1. The molecule has 0 bridgehead atoms. The minimum Gasteiger partial charge on any atom is -0.493 e. The SMILES string of the molecule is COc1cc(-c2cc3nccc(-c4cccc(C(=O)NC5CCN(C(=O)O)C5C(C)(C)C)c4)c3o2)cc(OC)c1OC. The number of carboxylic acid groups (broad SMARTS) is 1. The van der Waals surface area contributed by atoms with Crippen LogP contribution in [0.2, 0.25) is 0 Å². The van der Waals surface area contributed by atoms with Gasteiger partial charge in [-0.2, -0.15) is 0 Å². The number of nitrogens with zero attached hydrogens (tertiary/aromatic N) is 2. The number of carbonyl (C=O) groups excluding carboxylic acids is 1. The maximum absolute atomic E-state index is 13.4. The summed E-state index contributed by atoms with van der Waals surface area (Å²) in [4.78, 5) is 31.2. The highest BCUT2D eigenvalue weighted by Crippen LogP contribution is 2.43. The van der Waals surface area contributed by atoms with Gasteiger partial charge in [-0.3, -0.25) is 9.78 Å². The molecule has 220 valence electrons. The summed E-state index contributed by atoms with van der Waals surface area (Å²) in [5.74, 6) is 1.79.